The van der Waals surface area contributed by atoms with Crippen molar-refractivity contribution in [1.29, 1.82) is 0 Å². The molecule has 32 heavy (non-hydrogen) atoms. The van der Waals surface area contributed by atoms with Crippen LogP contribution in [0.4, 0.5) is 4.39 Å². The Morgan fingerprint density at radius 2 is 1.81 bits per heavy atom. The van der Waals surface area contributed by atoms with Crippen molar-refractivity contribution >= 4 is 18.0 Å². The zero-order chi connectivity index (χ0) is 22.7. The van der Waals surface area contributed by atoms with Crippen molar-refractivity contribution in [2.75, 3.05) is 7.11 Å². The van der Waals surface area contributed by atoms with Crippen LogP contribution in [0.2, 0.25) is 0 Å². The van der Waals surface area contributed by atoms with Crippen molar-refractivity contribution in [3.05, 3.63) is 101 Å². The van der Waals surface area contributed by atoms with Crippen LogP contribution < -0.4 is 15.5 Å². The highest BCUT2D eigenvalue weighted by molar-refractivity contribution is 5.98. The van der Waals surface area contributed by atoms with Crippen molar-refractivity contribution < 1.29 is 23.4 Å². The lowest BCUT2D eigenvalue weighted by atomic mass is 9.98. The second kappa shape index (κ2) is 9.01. The maximum atomic E-state index is 13.2. The zero-order valence-electron chi connectivity index (χ0n) is 17.7. The van der Waals surface area contributed by atoms with Gasteiger partial charge in [0.15, 0.2) is 6.04 Å². The number of carbonyl (C=O) groups excluding carboxylic acids is 2. The van der Waals surface area contributed by atoms with Crippen LogP contribution >= 0.6 is 0 Å². The number of halogens is 1. The lowest BCUT2D eigenvalue weighted by Crippen LogP contribution is -2.42. The van der Waals surface area contributed by atoms with E-state index in [0.717, 1.165) is 16.7 Å². The second-order valence-electron chi connectivity index (χ2n) is 7.60. The Morgan fingerprint density at radius 3 is 2.50 bits per heavy atom. The second-order valence-corrected chi connectivity index (χ2v) is 7.60. The minimum absolute atomic E-state index is 0.275. The van der Waals surface area contributed by atoms with E-state index in [1.165, 1.54) is 24.3 Å². The Balaban J connectivity index is 1.70. The molecule has 0 radical (unpaired) electrons. The highest BCUT2D eigenvalue weighted by Gasteiger charge is 2.47. The Bertz CT molecular complexity index is 1170. The van der Waals surface area contributed by atoms with Crippen LogP contribution in [0, 0.1) is 12.7 Å². The summed E-state index contributed by atoms with van der Waals surface area (Å²) in [5.74, 6) is -0.537. The summed E-state index contributed by atoms with van der Waals surface area (Å²) in [4.78, 5) is 25.7. The number of hydrazone groups is 1. The molecule has 1 aliphatic heterocycles. The third-order valence-corrected chi connectivity index (χ3v) is 5.33. The topological polar surface area (TPSA) is 70.4 Å². The van der Waals surface area contributed by atoms with Gasteiger partial charge in [0.1, 0.15) is 11.6 Å². The molecule has 6 nitrogen and oxygen atoms in total. The lowest BCUT2D eigenvalue weighted by molar-refractivity contribution is -0.596. The number of hydrogen-bond acceptors (Lipinski definition) is 3. The molecular weight excluding hydrogens is 409 g/mol. The Kier molecular flexibility index (Phi) is 5.98. The number of hydrazine groups is 1. The third kappa shape index (κ3) is 4.51. The van der Waals surface area contributed by atoms with Crippen LogP contribution in [-0.2, 0) is 4.79 Å². The average molecular weight is 432 g/mol. The Morgan fingerprint density at radius 1 is 1.09 bits per heavy atom. The first-order chi connectivity index (χ1) is 15.4. The fraction of sp³-hybridized carbons (Fsp3) is 0.160. The van der Waals surface area contributed by atoms with Gasteiger partial charge < -0.3 is 10.1 Å². The van der Waals surface area contributed by atoms with Crippen molar-refractivity contribution in [1.82, 2.24) is 10.7 Å². The van der Waals surface area contributed by atoms with E-state index in [1.54, 1.807) is 18.0 Å². The van der Waals surface area contributed by atoms with E-state index in [2.05, 4.69) is 10.7 Å². The molecule has 2 amide bonds. The zero-order valence-corrected chi connectivity index (χ0v) is 17.7. The lowest BCUT2D eigenvalue weighted by Gasteiger charge is -2.15. The maximum absolute atomic E-state index is 13.2. The summed E-state index contributed by atoms with van der Waals surface area (Å²) >= 11 is 0. The maximum Gasteiger partial charge on any atom is 0.304 e. The molecule has 1 saturated heterocycles. The summed E-state index contributed by atoms with van der Waals surface area (Å²) < 4.78 is 20.2. The van der Waals surface area contributed by atoms with Gasteiger partial charge >= 0.3 is 5.91 Å². The SMILES string of the molecule is COc1cccc(/C=[N+]2\NC(=O)[C@@H](NC(=O)c3ccc(F)cc3)[C@@H]2c2ccc(C)cc2)c1. The van der Waals surface area contributed by atoms with Gasteiger partial charge in [-0.1, -0.05) is 35.9 Å². The molecule has 162 valence electrons. The van der Waals surface area contributed by atoms with Crippen molar-refractivity contribution in [3.8, 4) is 5.75 Å². The number of rotatable bonds is 5. The summed E-state index contributed by atoms with van der Waals surface area (Å²) in [7, 11) is 1.59. The summed E-state index contributed by atoms with van der Waals surface area (Å²) in [6.45, 7) is 1.98. The van der Waals surface area contributed by atoms with Crippen LogP contribution in [0.25, 0.3) is 0 Å². The number of nitrogens with one attached hydrogen (secondary N) is 2. The quantitative estimate of drug-likeness (QED) is 0.609. The highest BCUT2D eigenvalue weighted by atomic mass is 19.1. The molecule has 2 N–H and O–H groups in total. The van der Waals surface area contributed by atoms with E-state index in [0.29, 0.717) is 5.75 Å². The molecule has 0 spiro atoms. The first kappa shape index (κ1) is 21.2. The minimum atomic E-state index is -0.850. The molecular formula is C25H23FN3O3+. The molecule has 4 rings (SSSR count). The molecule has 3 aromatic carbocycles. The molecule has 1 aliphatic rings. The number of ether oxygens (including phenoxy) is 1. The summed E-state index contributed by atoms with van der Waals surface area (Å²) in [5.41, 5.74) is 5.89. The molecule has 1 fully saturated rings. The van der Waals surface area contributed by atoms with Gasteiger partial charge in [-0.25, -0.2) is 4.39 Å². The summed E-state index contributed by atoms with van der Waals surface area (Å²) in [6, 6.07) is 19.1. The number of carbonyl (C=O) groups is 2. The normalized spacial score (nSPS) is 19.0. The van der Waals surface area contributed by atoms with Gasteiger partial charge in [-0.2, -0.15) is 0 Å². The number of nitrogens with zero attached hydrogens (tertiary/aromatic N) is 1. The van der Waals surface area contributed by atoms with Crippen LogP contribution in [-0.4, -0.2) is 35.9 Å². The van der Waals surface area contributed by atoms with Gasteiger partial charge in [-0.3, -0.25) is 9.59 Å². The monoisotopic (exact) mass is 432 g/mol. The molecule has 0 bridgehead atoms. The molecule has 0 aliphatic carbocycles. The Labute approximate surface area is 185 Å². The highest BCUT2D eigenvalue weighted by Crippen LogP contribution is 2.26. The summed E-state index contributed by atoms with van der Waals surface area (Å²) in [5, 5.41) is 2.81. The standard InChI is InChI=1S/C25H22FN3O3/c1-16-6-8-18(9-7-16)23-22(27-24(30)19-10-12-20(26)13-11-19)25(31)28-29(23)15-17-4-3-5-21(14-17)32-2/h3-15,22-23H,1-2H3,(H-,27,28,30,31)/p+1/b29-15-/t22-,23-/m0/s1. The number of methoxy groups -OCH3 is 1. The van der Waals surface area contributed by atoms with Gasteiger partial charge in [-0.15, -0.1) is 10.1 Å². The molecule has 0 aromatic heterocycles. The predicted molar refractivity (Wildman–Crippen MR) is 118 cm³/mol. The summed E-state index contributed by atoms with van der Waals surface area (Å²) in [6.07, 6.45) is 1.80. The van der Waals surface area contributed by atoms with E-state index in [4.69, 9.17) is 4.74 Å². The number of hydrogen-bond donors (Lipinski definition) is 2. The van der Waals surface area contributed by atoms with Gasteiger partial charge in [0.05, 0.1) is 7.11 Å². The Hall–Kier alpha value is -4.00. The largest absolute Gasteiger partial charge is 0.497 e. The van der Waals surface area contributed by atoms with Crippen LogP contribution in [0.1, 0.15) is 33.1 Å². The van der Waals surface area contributed by atoms with E-state index < -0.39 is 23.8 Å². The first-order valence-corrected chi connectivity index (χ1v) is 10.2. The van der Waals surface area contributed by atoms with E-state index in [1.807, 2.05) is 55.5 Å². The third-order valence-electron chi connectivity index (χ3n) is 5.33. The van der Waals surface area contributed by atoms with E-state index in [-0.39, 0.29) is 11.5 Å². The molecule has 1 heterocycles. The minimum Gasteiger partial charge on any atom is -0.497 e. The smallest absolute Gasteiger partial charge is 0.304 e. The molecule has 0 saturated carbocycles. The van der Waals surface area contributed by atoms with Gasteiger partial charge in [0.2, 0.25) is 12.3 Å². The fourth-order valence-corrected chi connectivity index (χ4v) is 3.65. The molecule has 3 aromatic rings. The first-order valence-electron chi connectivity index (χ1n) is 10.2. The van der Waals surface area contributed by atoms with Crippen molar-refractivity contribution in [3.63, 3.8) is 0 Å². The van der Waals surface area contributed by atoms with Crippen LogP contribution in [0.15, 0.2) is 72.8 Å². The number of amides is 2. The molecule has 0 unspecified atom stereocenters. The average Bonchev–Trinajstić information content (AvgIpc) is 3.09. The van der Waals surface area contributed by atoms with Crippen LogP contribution in [0.5, 0.6) is 5.75 Å². The van der Waals surface area contributed by atoms with Crippen molar-refractivity contribution in [2.24, 2.45) is 0 Å². The van der Waals surface area contributed by atoms with Crippen LogP contribution in [0.3, 0.4) is 0 Å². The molecule has 2 atom stereocenters. The van der Waals surface area contributed by atoms with E-state index in [9.17, 15) is 14.0 Å². The fourth-order valence-electron chi connectivity index (χ4n) is 3.65. The van der Waals surface area contributed by atoms with E-state index >= 15 is 0 Å². The van der Waals surface area contributed by atoms with Crippen molar-refractivity contribution in [2.45, 2.75) is 19.0 Å². The van der Waals surface area contributed by atoms with Gasteiger partial charge in [0.25, 0.3) is 5.91 Å². The molecule has 7 heteroatoms. The predicted octanol–water partition coefficient (Wildman–Crippen LogP) is 3.16. The van der Waals surface area contributed by atoms with Gasteiger partial charge in [0, 0.05) is 16.7 Å². The number of benzene rings is 3. The number of aryl methyl sites for hydroxylation is 1. The van der Waals surface area contributed by atoms with Gasteiger partial charge in [-0.05, 0) is 49.4 Å².